The molecular formula is C23H21BrFNO5. The molecule has 1 amide bonds. The highest BCUT2D eigenvalue weighted by molar-refractivity contribution is 9.10. The molecule has 0 bridgehead atoms. The van der Waals surface area contributed by atoms with Gasteiger partial charge in [0.05, 0.1) is 11.6 Å². The number of carbonyl (C=O) groups excluding carboxylic acids is 2. The molecule has 162 valence electrons. The third kappa shape index (κ3) is 5.19. The van der Waals surface area contributed by atoms with Gasteiger partial charge in [-0.15, -0.1) is 0 Å². The van der Waals surface area contributed by atoms with Crippen molar-refractivity contribution in [2.45, 2.75) is 31.7 Å². The number of aliphatic hydroxyl groups excluding tert-OH is 1. The van der Waals surface area contributed by atoms with Crippen molar-refractivity contribution in [3.8, 4) is 0 Å². The number of Topliss-reactive ketones (excluding diaryl/α,β-unsaturated/α-hetero) is 1. The van der Waals surface area contributed by atoms with Crippen molar-refractivity contribution >= 4 is 39.3 Å². The normalized spacial score (nSPS) is 17.9. The first-order chi connectivity index (χ1) is 14.8. The number of amides is 1. The maximum absolute atomic E-state index is 13.5. The molecule has 1 heterocycles. The van der Waals surface area contributed by atoms with Gasteiger partial charge in [-0.25, -0.2) is 4.39 Å². The predicted molar refractivity (Wildman–Crippen MR) is 116 cm³/mol. The highest BCUT2D eigenvalue weighted by atomic mass is 79.9. The quantitative estimate of drug-likeness (QED) is 0.243. The minimum absolute atomic E-state index is 0.0315. The molecule has 0 aliphatic carbocycles. The molecule has 8 heteroatoms. The molecule has 0 saturated carbocycles. The van der Waals surface area contributed by atoms with Gasteiger partial charge in [-0.1, -0.05) is 46.6 Å². The zero-order chi connectivity index (χ0) is 22.5. The van der Waals surface area contributed by atoms with Gasteiger partial charge in [-0.3, -0.25) is 14.4 Å². The van der Waals surface area contributed by atoms with Crippen LogP contribution >= 0.6 is 15.9 Å². The number of benzene rings is 2. The average molecular weight is 490 g/mol. The van der Waals surface area contributed by atoms with Crippen molar-refractivity contribution < 1.29 is 29.0 Å². The average Bonchev–Trinajstić information content (AvgIpc) is 2.99. The number of rotatable bonds is 8. The third-order valence-electron chi connectivity index (χ3n) is 5.13. The Balaban J connectivity index is 1.96. The Morgan fingerprint density at radius 1 is 0.968 bits per heavy atom. The van der Waals surface area contributed by atoms with Crippen LogP contribution < -0.4 is 0 Å². The lowest BCUT2D eigenvalue weighted by molar-refractivity contribution is -0.140. The first kappa shape index (κ1) is 22.7. The van der Waals surface area contributed by atoms with Gasteiger partial charge < -0.3 is 15.1 Å². The van der Waals surface area contributed by atoms with E-state index in [0.29, 0.717) is 30.4 Å². The van der Waals surface area contributed by atoms with Crippen molar-refractivity contribution in [3.05, 3.63) is 75.5 Å². The van der Waals surface area contributed by atoms with Gasteiger partial charge >= 0.3 is 5.97 Å². The molecule has 2 aromatic rings. The number of aliphatic carboxylic acids is 1. The number of aliphatic hydroxyl groups is 1. The summed E-state index contributed by atoms with van der Waals surface area (Å²) in [5.74, 6) is -3.19. The van der Waals surface area contributed by atoms with Crippen LogP contribution in [0.1, 0.15) is 42.9 Å². The molecule has 0 unspecified atom stereocenters. The number of carboxylic acid groups (broad SMARTS) is 1. The van der Waals surface area contributed by atoms with E-state index in [1.165, 1.54) is 29.2 Å². The topological polar surface area (TPSA) is 94.9 Å². The Kier molecular flexibility index (Phi) is 7.22. The first-order valence-electron chi connectivity index (χ1n) is 9.81. The predicted octanol–water partition coefficient (Wildman–Crippen LogP) is 4.65. The Morgan fingerprint density at radius 2 is 1.61 bits per heavy atom. The summed E-state index contributed by atoms with van der Waals surface area (Å²) in [7, 11) is 0. The van der Waals surface area contributed by atoms with Crippen molar-refractivity contribution in [3.63, 3.8) is 0 Å². The van der Waals surface area contributed by atoms with E-state index in [4.69, 9.17) is 5.11 Å². The highest BCUT2D eigenvalue weighted by Crippen LogP contribution is 2.39. The van der Waals surface area contributed by atoms with Gasteiger partial charge in [-0.05, 0) is 42.7 Å². The van der Waals surface area contributed by atoms with Crippen LogP contribution in [0.2, 0.25) is 0 Å². The molecule has 1 fully saturated rings. The summed E-state index contributed by atoms with van der Waals surface area (Å²) in [6.07, 6.45) is 1.55. The summed E-state index contributed by atoms with van der Waals surface area (Å²) in [6.45, 7) is 0.212. The van der Waals surface area contributed by atoms with Crippen molar-refractivity contribution in [1.82, 2.24) is 4.90 Å². The molecule has 3 rings (SSSR count). The van der Waals surface area contributed by atoms with E-state index < -0.39 is 29.5 Å². The maximum atomic E-state index is 13.5. The third-order valence-corrected chi connectivity index (χ3v) is 5.66. The number of hydrogen-bond acceptors (Lipinski definition) is 4. The van der Waals surface area contributed by atoms with Crippen LogP contribution in [-0.4, -0.2) is 39.3 Å². The van der Waals surface area contributed by atoms with Crippen molar-refractivity contribution in [2.24, 2.45) is 0 Å². The zero-order valence-corrected chi connectivity index (χ0v) is 18.1. The minimum atomic E-state index is -0.888. The summed E-state index contributed by atoms with van der Waals surface area (Å²) < 4.78 is 14.3. The molecule has 1 aliphatic rings. The Hall–Kier alpha value is -3.00. The molecular weight excluding hydrogens is 469 g/mol. The monoisotopic (exact) mass is 489 g/mol. The fourth-order valence-electron chi connectivity index (χ4n) is 3.60. The molecule has 0 aromatic heterocycles. The van der Waals surface area contributed by atoms with Gasteiger partial charge in [0.1, 0.15) is 11.6 Å². The number of likely N-dealkylation sites (tertiary alicyclic amines) is 1. The number of nitrogens with zero attached hydrogens (tertiary/aromatic N) is 1. The van der Waals surface area contributed by atoms with E-state index in [2.05, 4.69) is 15.9 Å². The van der Waals surface area contributed by atoms with E-state index in [9.17, 15) is 23.9 Å². The van der Waals surface area contributed by atoms with Crippen LogP contribution in [0.5, 0.6) is 0 Å². The lowest BCUT2D eigenvalue weighted by Crippen LogP contribution is -2.30. The minimum Gasteiger partial charge on any atom is -0.507 e. The van der Waals surface area contributed by atoms with Crippen molar-refractivity contribution in [1.29, 1.82) is 0 Å². The van der Waals surface area contributed by atoms with Crippen LogP contribution in [0.3, 0.4) is 0 Å². The highest BCUT2D eigenvalue weighted by Gasteiger charge is 2.45. The number of carbonyl (C=O) groups is 3. The second-order valence-electron chi connectivity index (χ2n) is 7.26. The number of unbranched alkanes of at least 4 members (excludes halogenated alkanes) is 2. The Bertz CT molecular complexity index is 1020. The fourth-order valence-corrected chi connectivity index (χ4v) is 3.87. The van der Waals surface area contributed by atoms with E-state index in [-0.39, 0.29) is 24.3 Å². The second-order valence-corrected chi connectivity index (χ2v) is 8.17. The number of halogens is 2. The molecule has 31 heavy (non-hydrogen) atoms. The molecule has 1 saturated heterocycles. The number of hydrogen-bond donors (Lipinski definition) is 2. The smallest absolute Gasteiger partial charge is 0.303 e. The fraction of sp³-hybridized carbons (Fsp3) is 0.261. The summed E-state index contributed by atoms with van der Waals surface area (Å²) >= 11 is 3.32. The molecule has 0 radical (unpaired) electrons. The first-order valence-corrected chi connectivity index (χ1v) is 10.6. The lowest BCUT2D eigenvalue weighted by atomic mass is 9.95. The van der Waals surface area contributed by atoms with Crippen LogP contribution in [0.25, 0.3) is 5.76 Å². The van der Waals surface area contributed by atoms with Gasteiger partial charge in [0, 0.05) is 23.0 Å². The van der Waals surface area contributed by atoms with Crippen LogP contribution in [0.15, 0.2) is 58.6 Å². The maximum Gasteiger partial charge on any atom is 0.303 e. The van der Waals surface area contributed by atoms with Crippen molar-refractivity contribution in [2.75, 3.05) is 6.54 Å². The van der Waals surface area contributed by atoms with E-state index in [1.54, 1.807) is 24.3 Å². The largest absolute Gasteiger partial charge is 0.507 e. The summed E-state index contributed by atoms with van der Waals surface area (Å²) in [5.41, 5.74) is 0.837. The Labute approximate surface area is 187 Å². The number of carboxylic acids is 1. The van der Waals surface area contributed by atoms with Crippen LogP contribution in [0, 0.1) is 5.82 Å². The molecule has 0 spiro atoms. The zero-order valence-electron chi connectivity index (χ0n) is 16.6. The Morgan fingerprint density at radius 3 is 2.23 bits per heavy atom. The van der Waals surface area contributed by atoms with Gasteiger partial charge in [-0.2, -0.15) is 0 Å². The molecule has 6 nitrogen and oxygen atoms in total. The van der Waals surface area contributed by atoms with E-state index >= 15 is 0 Å². The standard InChI is InChI=1S/C23H21BrFNO5/c24-16-9-5-15(6-10-16)21(29)19-20(14-7-11-17(25)12-8-14)26(23(31)22(19)30)13-3-1-2-4-18(27)28/h5-12,20,29H,1-4,13H2,(H,27,28)/t20-/m0/s1. The second kappa shape index (κ2) is 9.87. The number of ketones is 1. The summed E-state index contributed by atoms with van der Waals surface area (Å²) in [5, 5.41) is 19.7. The summed E-state index contributed by atoms with van der Waals surface area (Å²) in [6, 6.07) is 11.3. The summed E-state index contributed by atoms with van der Waals surface area (Å²) in [4.78, 5) is 37.7. The van der Waals surface area contributed by atoms with Gasteiger partial charge in [0.25, 0.3) is 11.7 Å². The molecule has 2 N–H and O–H groups in total. The van der Waals surface area contributed by atoms with Gasteiger partial charge in [0.15, 0.2) is 0 Å². The molecule has 1 atom stereocenters. The molecule has 1 aliphatic heterocycles. The van der Waals surface area contributed by atoms with E-state index in [1.807, 2.05) is 0 Å². The van der Waals surface area contributed by atoms with Crippen LogP contribution in [-0.2, 0) is 14.4 Å². The van der Waals surface area contributed by atoms with Gasteiger partial charge in [0.2, 0.25) is 0 Å². The SMILES string of the molecule is O=C(O)CCCCCN1C(=O)C(=O)C(=C(O)c2ccc(Br)cc2)[C@@H]1c1ccc(F)cc1. The van der Waals surface area contributed by atoms with E-state index in [0.717, 1.165) is 4.47 Å². The van der Waals surface area contributed by atoms with Crippen LogP contribution in [0.4, 0.5) is 4.39 Å². The molecule has 2 aromatic carbocycles. The lowest BCUT2D eigenvalue weighted by Gasteiger charge is -2.25.